The summed E-state index contributed by atoms with van der Waals surface area (Å²) in [6, 6.07) is 11.5. The van der Waals surface area contributed by atoms with Crippen LogP contribution >= 0.6 is 0 Å². The van der Waals surface area contributed by atoms with Gasteiger partial charge in [-0.2, -0.15) is 0 Å². The molecule has 0 saturated heterocycles. The molecule has 1 fully saturated rings. The van der Waals surface area contributed by atoms with Crippen LogP contribution in [0.25, 0.3) is 10.9 Å². The minimum atomic E-state index is 0.725. The highest BCUT2D eigenvalue weighted by Crippen LogP contribution is 2.22. The van der Waals surface area contributed by atoms with Gasteiger partial charge in [-0.1, -0.05) is 17.3 Å². The molecule has 0 spiro atoms. The van der Waals surface area contributed by atoms with Crippen molar-refractivity contribution in [2.75, 3.05) is 0 Å². The molecule has 20 heavy (non-hydrogen) atoms. The smallest absolute Gasteiger partial charge is 0.156 e. The van der Waals surface area contributed by atoms with Gasteiger partial charge in [0.05, 0.1) is 12.7 Å². The second-order valence-corrected chi connectivity index (χ2v) is 5.47. The molecule has 0 radical (unpaired) electrons. The first-order valence-electron chi connectivity index (χ1n) is 7.09. The van der Waals surface area contributed by atoms with E-state index in [1.54, 1.807) is 6.20 Å². The summed E-state index contributed by atoms with van der Waals surface area (Å²) in [6.45, 7) is 1.68. The molecule has 0 aliphatic heterocycles. The van der Waals surface area contributed by atoms with E-state index in [-0.39, 0.29) is 0 Å². The van der Waals surface area contributed by atoms with E-state index in [2.05, 4.69) is 45.5 Å². The monoisotopic (exact) mass is 267 g/mol. The largest absolute Gasteiger partial charge is 0.359 e. The third-order valence-electron chi connectivity index (χ3n) is 3.83. The van der Waals surface area contributed by atoms with E-state index in [1.165, 1.54) is 29.3 Å². The first kappa shape index (κ1) is 11.7. The standard InChI is InChI=1S/C16H17N3O/c1-2-13-6-8-19(11-15-5-7-18-20-15)16(13)9-12(1)10-17-14-3-4-14/h1-2,5-9,14,17H,3-4,10-11H2. The lowest BCUT2D eigenvalue weighted by Gasteiger charge is -2.06. The Morgan fingerprint density at radius 2 is 2.20 bits per heavy atom. The Bertz CT molecular complexity index is 710. The van der Waals surface area contributed by atoms with Gasteiger partial charge in [-0.3, -0.25) is 0 Å². The fourth-order valence-electron chi connectivity index (χ4n) is 2.52. The molecule has 0 bridgehead atoms. The molecular formula is C16H17N3O. The van der Waals surface area contributed by atoms with Gasteiger partial charge >= 0.3 is 0 Å². The molecule has 4 rings (SSSR count). The van der Waals surface area contributed by atoms with Gasteiger partial charge < -0.3 is 14.4 Å². The number of fused-ring (bicyclic) bond motifs is 1. The second-order valence-electron chi connectivity index (χ2n) is 5.47. The molecule has 2 heterocycles. The molecule has 0 amide bonds. The van der Waals surface area contributed by atoms with Crippen LogP contribution in [0.2, 0.25) is 0 Å². The zero-order valence-corrected chi connectivity index (χ0v) is 11.2. The molecule has 4 heteroatoms. The summed E-state index contributed by atoms with van der Waals surface area (Å²) in [5.74, 6) is 0.879. The predicted octanol–water partition coefficient (Wildman–Crippen LogP) is 2.93. The van der Waals surface area contributed by atoms with Crippen LogP contribution in [0.1, 0.15) is 24.2 Å². The summed E-state index contributed by atoms with van der Waals surface area (Å²) < 4.78 is 7.39. The average Bonchev–Trinajstić information content (AvgIpc) is 3.01. The van der Waals surface area contributed by atoms with E-state index >= 15 is 0 Å². The van der Waals surface area contributed by atoms with Crippen molar-refractivity contribution in [2.45, 2.75) is 32.0 Å². The minimum absolute atomic E-state index is 0.725. The van der Waals surface area contributed by atoms with Crippen LogP contribution in [0.3, 0.4) is 0 Å². The van der Waals surface area contributed by atoms with E-state index < -0.39 is 0 Å². The Balaban J connectivity index is 1.61. The molecule has 2 aromatic heterocycles. The third kappa shape index (κ3) is 2.34. The number of aromatic nitrogens is 2. The summed E-state index contributed by atoms with van der Waals surface area (Å²) in [6.07, 6.45) is 6.44. The lowest BCUT2D eigenvalue weighted by Crippen LogP contribution is -2.15. The summed E-state index contributed by atoms with van der Waals surface area (Å²) in [4.78, 5) is 0. The van der Waals surface area contributed by atoms with Crippen LogP contribution < -0.4 is 5.32 Å². The van der Waals surface area contributed by atoms with Gasteiger partial charge in [-0.25, -0.2) is 0 Å². The Labute approximate surface area is 117 Å². The first-order valence-corrected chi connectivity index (χ1v) is 7.09. The van der Waals surface area contributed by atoms with Crippen LogP contribution in [-0.2, 0) is 13.1 Å². The predicted molar refractivity (Wildman–Crippen MR) is 77.4 cm³/mol. The Hall–Kier alpha value is -2.07. The zero-order chi connectivity index (χ0) is 13.4. The van der Waals surface area contributed by atoms with Gasteiger partial charge in [0.2, 0.25) is 0 Å². The fraction of sp³-hybridized carbons (Fsp3) is 0.312. The van der Waals surface area contributed by atoms with E-state index in [0.29, 0.717) is 0 Å². The van der Waals surface area contributed by atoms with Crippen LogP contribution in [0.15, 0.2) is 47.2 Å². The lowest BCUT2D eigenvalue weighted by atomic mass is 10.1. The topological polar surface area (TPSA) is 43.0 Å². The van der Waals surface area contributed by atoms with Crippen molar-refractivity contribution >= 4 is 10.9 Å². The summed E-state index contributed by atoms with van der Waals surface area (Å²) >= 11 is 0. The van der Waals surface area contributed by atoms with Crippen LogP contribution in [0.5, 0.6) is 0 Å². The molecule has 1 aromatic carbocycles. The summed E-state index contributed by atoms with van der Waals surface area (Å²) in [5.41, 5.74) is 2.58. The molecule has 1 N–H and O–H groups in total. The fourth-order valence-corrected chi connectivity index (χ4v) is 2.52. The van der Waals surface area contributed by atoms with Crippen molar-refractivity contribution in [3.63, 3.8) is 0 Å². The SMILES string of the molecule is c1cc(Cn2ccc3ccc(CNC4CC4)cc32)on1. The normalized spacial score (nSPS) is 15.0. The van der Waals surface area contributed by atoms with E-state index in [1.807, 2.05) is 6.07 Å². The van der Waals surface area contributed by atoms with Crippen molar-refractivity contribution in [2.24, 2.45) is 0 Å². The molecule has 3 aromatic rings. The van der Waals surface area contributed by atoms with Crippen LogP contribution in [0.4, 0.5) is 0 Å². The average molecular weight is 267 g/mol. The lowest BCUT2D eigenvalue weighted by molar-refractivity contribution is 0.378. The molecule has 0 unspecified atom stereocenters. The molecule has 102 valence electrons. The maximum atomic E-state index is 5.19. The van der Waals surface area contributed by atoms with Crippen molar-refractivity contribution in [1.82, 2.24) is 15.0 Å². The van der Waals surface area contributed by atoms with Gasteiger partial charge in [0, 0.05) is 30.4 Å². The number of rotatable bonds is 5. The zero-order valence-electron chi connectivity index (χ0n) is 11.2. The van der Waals surface area contributed by atoms with Crippen molar-refractivity contribution in [3.05, 3.63) is 54.0 Å². The van der Waals surface area contributed by atoms with E-state index in [9.17, 15) is 0 Å². The van der Waals surface area contributed by atoms with E-state index in [4.69, 9.17) is 4.52 Å². The molecule has 1 aliphatic carbocycles. The van der Waals surface area contributed by atoms with Gasteiger partial charge in [-0.15, -0.1) is 0 Å². The Morgan fingerprint density at radius 3 is 3.00 bits per heavy atom. The highest BCUT2D eigenvalue weighted by Gasteiger charge is 2.19. The summed E-state index contributed by atoms with van der Waals surface area (Å²) in [5, 5.41) is 8.58. The number of benzene rings is 1. The quantitative estimate of drug-likeness (QED) is 0.773. The highest BCUT2D eigenvalue weighted by molar-refractivity contribution is 5.80. The van der Waals surface area contributed by atoms with Gasteiger partial charge in [-0.05, 0) is 35.9 Å². The van der Waals surface area contributed by atoms with Crippen LogP contribution in [0, 0.1) is 0 Å². The van der Waals surface area contributed by atoms with Crippen LogP contribution in [-0.4, -0.2) is 15.8 Å². The van der Waals surface area contributed by atoms with Crippen molar-refractivity contribution < 1.29 is 4.52 Å². The third-order valence-corrected chi connectivity index (χ3v) is 3.83. The summed E-state index contributed by atoms with van der Waals surface area (Å²) in [7, 11) is 0. The van der Waals surface area contributed by atoms with Gasteiger partial charge in [0.15, 0.2) is 5.76 Å². The number of nitrogens with zero attached hydrogens (tertiary/aromatic N) is 2. The van der Waals surface area contributed by atoms with E-state index in [0.717, 1.165) is 24.9 Å². The number of nitrogens with one attached hydrogen (secondary N) is 1. The Kier molecular flexibility index (Phi) is 2.81. The number of hydrogen-bond acceptors (Lipinski definition) is 3. The maximum Gasteiger partial charge on any atom is 0.156 e. The molecule has 1 aliphatic rings. The van der Waals surface area contributed by atoms with Gasteiger partial charge in [0.25, 0.3) is 0 Å². The molecule has 1 saturated carbocycles. The second kappa shape index (κ2) is 4.80. The molecular weight excluding hydrogens is 250 g/mol. The van der Waals surface area contributed by atoms with Crippen molar-refractivity contribution in [3.8, 4) is 0 Å². The maximum absolute atomic E-state index is 5.19. The first-order chi connectivity index (χ1) is 9.88. The Morgan fingerprint density at radius 1 is 1.25 bits per heavy atom. The number of hydrogen-bond donors (Lipinski definition) is 1. The molecule has 4 nitrogen and oxygen atoms in total. The van der Waals surface area contributed by atoms with Crippen molar-refractivity contribution in [1.29, 1.82) is 0 Å². The molecule has 0 atom stereocenters. The highest BCUT2D eigenvalue weighted by atomic mass is 16.5. The van der Waals surface area contributed by atoms with Gasteiger partial charge in [0.1, 0.15) is 0 Å². The minimum Gasteiger partial charge on any atom is -0.359 e.